The molecule has 0 bridgehead atoms. The topological polar surface area (TPSA) is 49.8 Å². The molecule has 1 aliphatic heterocycles. The maximum atomic E-state index is 11.1. The monoisotopic (exact) mass is 365 g/mol. The van der Waals surface area contributed by atoms with Crippen molar-refractivity contribution in [3.8, 4) is 0 Å². The van der Waals surface area contributed by atoms with Crippen molar-refractivity contribution < 1.29 is 14.6 Å². The van der Waals surface area contributed by atoms with Crippen molar-refractivity contribution >= 4 is 5.97 Å². The van der Waals surface area contributed by atoms with Crippen molar-refractivity contribution in [2.75, 3.05) is 26.2 Å². The molecule has 1 saturated heterocycles. The molecule has 0 saturated carbocycles. The van der Waals surface area contributed by atoms with Crippen molar-refractivity contribution in [3.05, 3.63) is 70.8 Å². The Balaban J connectivity index is 1.43. The van der Waals surface area contributed by atoms with Crippen LogP contribution in [0, 0.1) is 5.92 Å². The van der Waals surface area contributed by atoms with Gasteiger partial charge < -0.3 is 14.7 Å². The zero-order chi connectivity index (χ0) is 18.6. The van der Waals surface area contributed by atoms with Gasteiger partial charge in [0.05, 0.1) is 12.5 Å². The van der Waals surface area contributed by atoms with Gasteiger partial charge in [-0.05, 0) is 61.0 Å². The van der Waals surface area contributed by atoms with Gasteiger partial charge in [0.15, 0.2) is 0 Å². The summed E-state index contributed by atoms with van der Waals surface area (Å²) in [6, 6.07) is 17.2. The van der Waals surface area contributed by atoms with Gasteiger partial charge >= 0.3 is 5.97 Å². The number of hydrogen-bond donors (Lipinski definition) is 1. The summed E-state index contributed by atoms with van der Waals surface area (Å²) < 4.78 is 6.43. The number of nitrogens with zero attached hydrogens (tertiary/aromatic N) is 1. The number of hydrogen-bond acceptors (Lipinski definition) is 3. The van der Waals surface area contributed by atoms with Crippen LogP contribution in [0.5, 0.6) is 0 Å². The molecule has 0 unspecified atom stereocenters. The van der Waals surface area contributed by atoms with Crippen LogP contribution in [0.15, 0.2) is 48.5 Å². The average Bonchev–Trinajstić information content (AvgIpc) is 2.86. The number of benzene rings is 2. The van der Waals surface area contributed by atoms with Gasteiger partial charge in [-0.2, -0.15) is 0 Å². The van der Waals surface area contributed by atoms with Gasteiger partial charge in [0, 0.05) is 6.54 Å². The molecule has 27 heavy (non-hydrogen) atoms. The molecule has 1 fully saturated rings. The molecule has 0 radical (unpaired) electrons. The van der Waals surface area contributed by atoms with Crippen LogP contribution in [0.3, 0.4) is 0 Å². The van der Waals surface area contributed by atoms with E-state index in [9.17, 15) is 4.79 Å². The molecular formula is C23H27NO3. The van der Waals surface area contributed by atoms with E-state index in [1.807, 2.05) is 0 Å². The quantitative estimate of drug-likeness (QED) is 0.878. The highest BCUT2D eigenvalue weighted by molar-refractivity contribution is 5.70. The predicted octanol–water partition coefficient (Wildman–Crippen LogP) is 3.69. The first-order valence-corrected chi connectivity index (χ1v) is 9.95. The number of ether oxygens (including phenoxy) is 1. The lowest BCUT2D eigenvalue weighted by Gasteiger charge is -2.30. The van der Waals surface area contributed by atoms with Gasteiger partial charge in [0.2, 0.25) is 0 Å². The Hall–Kier alpha value is -2.17. The number of likely N-dealkylation sites (tertiary alicyclic amines) is 1. The van der Waals surface area contributed by atoms with E-state index in [0.717, 1.165) is 45.3 Å². The van der Waals surface area contributed by atoms with Gasteiger partial charge in [-0.3, -0.25) is 4.79 Å². The number of rotatable bonds is 5. The van der Waals surface area contributed by atoms with Crippen LogP contribution in [-0.4, -0.2) is 42.2 Å². The fourth-order valence-electron chi connectivity index (χ4n) is 4.35. The number of aryl methyl sites for hydroxylation is 2. The average molecular weight is 365 g/mol. The lowest BCUT2D eigenvalue weighted by atomic mass is 9.97. The Morgan fingerprint density at radius 3 is 2.07 bits per heavy atom. The van der Waals surface area contributed by atoms with Crippen LogP contribution in [0.1, 0.15) is 41.2 Å². The number of carbonyl (C=O) groups is 1. The molecule has 1 heterocycles. The van der Waals surface area contributed by atoms with Gasteiger partial charge in [-0.1, -0.05) is 48.5 Å². The van der Waals surface area contributed by atoms with E-state index in [1.165, 1.54) is 22.3 Å². The Bertz CT molecular complexity index is 748. The minimum Gasteiger partial charge on any atom is -0.481 e. The van der Waals surface area contributed by atoms with Crippen LogP contribution in [0.25, 0.3) is 0 Å². The summed E-state index contributed by atoms with van der Waals surface area (Å²) in [5, 5.41) is 9.14. The van der Waals surface area contributed by atoms with Crippen molar-refractivity contribution in [3.63, 3.8) is 0 Å². The first kappa shape index (κ1) is 18.2. The third-order valence-electron chi connectivity index (χ3n) is 5.97. The first-order valence-electron chi connectivity index (χ1n) is 9.95. The Morgan fingerprint density at radius 1 is 0.963 bits per heavy atom. The second kappa shape index (κ2) is 8.24. The molecule has 1 N–H and O–H groups in total. The molecule has 0 atom stereocenters. The van der Waals surface area contributed by atoms with Crippen LogP contribution >= 0.6 is 0 Å². The van der Waals surface area contributed by atoms with E-state index >= 15 is 0 Å². The minimum absolute atomic E-state index is 0.0172. The number of aliphatic carboxylic acids is 1. The van der Waals surface area contributed by atoms with Crippen LogP contribution in [0.4, 0.5) is 0 Å². The Morgan fingerprint density at radius 2 is 1.52 bits per heavy atom. The maximum Gasteiger partial charge on any atom is 0.306 e. The highest BCUT2D eigenvalue weighted by Crippen LogP contribution is 2.35. The summed E-state index contributed by atoms with van der Waals surface area (Å²) in [7, 11) is 0. The van der Waals surface area contributed by atoms with Gasteiger partial charge in [0.25, 0.3) is 0 Å². The normalized spacial score (nSPS) is 18.5. The highest BCUT2D eigenvalue weighted by Gasteiger charge is 2.26. The van der Waals surface area contributed by atoms with E-state index in [4.69, 9.17) is 9.84 Å². The zero-order valence-electron chi connectivity index (χ0n) is 15.6. The third kappa shape index (κ3) is 4.07. The molecular weight excluding hydrogens is 338 g/mol. The van der Waals surface area contributed by atoms with E-state index < -0.39 is 5.97 Å². The molecule has 0 spiro atoms. The third-order valence-corrected chi connectivity index (χ3v) is 5.97. The van der Waals surface area contributed by atoms with Crippen LogP contribution in [-0.2, 0) is 22.4 Å². The van der Waals surface area contributed by atoms with E-state index in [-0.39, 0.29) is 12.0 Å². The van der Waals surface area contributed by atoms with E-state index in [2.05, 4.69) is 53.4 Å². The smallest absolute Gasteiger partial charge is 0.306 e. The summed E-state index contributed by atoms with van der Waals surface area (Å²) >= 11 is 0. The number of carboxylic acids is 1. The van der Waals surface area contributed by atoms with Gasteiger partial charge in [-0.25, -0.2) is 0 Å². The molecule has 1 aliphatic carbocycles. The largest absolute Gasteiger partial charge is 0.481 e. The summed E-state index contributed by atoms with van der Waals surface area (Å²) in [6.07, 6.45) is 3.57. The molecule has 4 heteroatoms. The van der Waals surface area contributed by atoms with E-state index in [0.29, 0.717) is 6.61 Å². The van der Waals surface area contributed by atoms with Gasteiger partial charge in [0.1, 0.15) is 6.10 Å². The molecule has 4 rings (SSSR count). The van der Waals surface area contributed by atoms with Crippen molar-refractivity contribution in [2.24, 2.45) is 5.92 Å². The summed E-state index contributed by atoms with van der Waals surface area (Å²) in [5.41, 5.74) is 5.32. The minimum atomic E-state index is -0.655. The molecule has 0 amide bonds. The number of piperidine rings is 1. The molecule has 142 valence electrons. The molecule has 0 aromatic heterocycles. The number of fused-ring (bicyclic) bond motifs is 2. The second-order valence-corrected chi connectivity index (χ2v) is 7.60. The second-order valence-electron chi connectivity index (χ2n) is 7.60. The molecule has 2 aromatic carbocycles. The summed E-state index contributed by atoms with van der Waals surface area (Å²) in [5.74, 6) is -0.833. The zero-order valence-corrected chi connectivity index (χ0v) is 15.6. The Labute approximate surface area is 160 Å². The fourth-order valence-corrected chi connectivity index (χ4v) is 4.35. The van der Waals surface area contributed by atoms with Crippen LogP contribution < -0.4 is 0 Å². The Kier molecular flexibility index (Phi) is 5.55. The van der Waals surface area contributed by atoms with Crippen LogP contribution in [0.2, 0.25) is 0 Å². The van der Waals surface area contributed by atoms with Gasteiger partial charge in [-0.15, -0.1) is 0 Å². The standard InChI is InChI=1S/C23H27NO3/c25-23(26)19-11-13-24(14-12-19)15-16-27-22-20-7-3-1-5-17(20)9-10-18-6-2-4-8-21(18)22/h1-8,19,22H,9-16H2,(H,25,26). The lowest BCUT2D eigenvalue weighted by Crippen LogP contribution is -2.38. The predicted molar refractivity (Wildman–Crippen MR) is 105 cm³/mol. The van der Waals surface area contributed by atoms with Crippen molar-refractivity contribution in [1.82, 2.24) is 4.90 Å². The highest BCUT2D eigenvalue weighted by atomic mass is 16.5. The van der Waals surface area contributed by atoms with E-state index in [1.54, 1.807) is 0 Å². The molecule has 2 aromatic rings. The summed E-state index contributed by atoms with van der Waals surface area (Å²) in [6.45, 7) is 3.20. The summed E-state index contributed by atoms with van der Waals surface area (Å²) in [4.78, 5) is 13.4. The fraction of sp³-hybridized carbons (Fsp3) is 0.435. The first-order chi connectivity index (χ1) is 13.2. The SMILES string of the molecule is O=C(O)C1CCN(CCOC2c3ccccc3CCc3ccccc32)CC1. The molecule has 2 aliphatic rings. The lowest BCUT2D eigenvalue weighted by molar-refractivity contribution is -0.143. The van der Waals surface area contributed by atoms with Crippen molar-refractivity contribution in [1.29, 1.82) is 0 Å². The van der Waals surface area contributed by atoms with Crippen molar-refractivity contribution in [2.45, 2.75) is 31.8 Å². The maximum absolute atomic E-state index is 11.1. The number of carboxylic acid groups (broad SMARTS) is 1. The molecule has 4 nitrogen and oxygen atoms in total.